The van der Waals surface area contributed by atoms with E-state index in [4.69, 9.17) is 11.6 Å². The highest BCUT2D eigenvalue weighted by atomic mass is 35.5. The summed E-state index contributed by atoms with van der Waals surface area (Å²) >= 11 is 6.01. The second-order valence-corrected chi connectivity index (χ2v) is 6.35. The van der Waals surface area contributed by atoms with Crippen molar-refractivity contribution in [1.82, 2.24) is 9.97 Å². The van der Waals surface area contributed by atoms with Crippen LogP contribution in [0, 0.1) is 5.82 Å². The summed E-state index contributed by atoms with van der Waals surface area (Å²) in [5.41, 5.74) is 4.03. The zero-order chi connectivity index (χ0) is 16.5. The molecular formula is C19H15ClFN3. The van der Waals surface area contributed by atoms with Crippen LogP contribution in [-0.4, -0.2) is 9.97 Å². The minimum atomic E-state index is -0.332. The quantitative estimate of drug-likeness (QED) is 0.676. The van der Waals surface area contributed by atoms with Crippen molar-refractivity contribution in [3.05, 3.63) is 71.4 Å². The van der Waals surface area contributed by atoms with E-state index in [1.807, 2.05) is 24.4 Å². The Hall–Kier alpha value is -2.46. The van der Waals surface area contributed by atoms with E-state index in [9.17, 15) is 4.39 Å². The number of hydrogen-bond donors (Lipinski definition) is 1. The Morgan fingerprint density at radius 3 is 2.62 bits per heavy atom. The van der Waals surface area contributed by atoms with Crippen molar-refractivity contribution >= 4 is 23.0 Å². The molecule has 1 aliphatic carbocycles. The van der Waals surface area contributed by atoms with Crippen molar-refractivity contribution in [2.75, 3.05) is 5.32 Å². The largest absolute Gasteiger partial charge is 0.355 e. The minimum absolute atomic E-state index is 0.332. The molecule has 0 radical (unpaired) electrons. The van der Waals surface area contributed by atoms with Gasteiger partial charge in [0.15, 0.2) is 0 Å². The van der Waals surface area contributed by atoms with Gasteiger partial charge < -0.3 is 5.32 Å². The summed E-state index contributed by atoms with van der Waals surface area (Å²) in [6, 6.07) is 10.2. The van der Waals surface area contributed by atoms with Gasteiger partial charge in [-0.3, -0.25) is 9.97 Å². The van der Waals surface area contributed by atoms with Gasteiger partial charge in [-0.05, 0) is 60.7 Å². The molecule has 1 N–H and O–H groups in total. The molecule has 120 valence electrons. The van der Waals surface area contributed by atoms with E-state index in [2.05, 4.69) is 15.3 Å². The fourth-order valence-corrected chi connectivity index (χ4v) is 2.90. The van der Waals surface area contributed by atoms with Gasteiger partial charge in [-0.15, -0.1) is 0 Å². The van der Waals surface area contributed by atoms with Crippen LogP contribution in [0.2, 0.25) is 5.02 Å². The predicted molar refractivity (Wildman–Crippen MR) is 94.1 cm³/mol. The molecule has 5 heteroatoms. The average molecular weight is 340 g/mol. The van der Waals surface area contributed by atoms with Gasteiger partial charge in [-0.25, -0.2) is 4.39 Å². The van der Waals surface area contributed by atoms with E-state index in [0.717, 1.165) is 29.8 Å². The van der Waals surface area contributed by atoms with Crippen molar-refractivity contribution in [3.8, 4) is 11.3 Å². The zero-order valence-electron chi connectivity index (χ0n) is 12.8. The van der Waals surface area contributed by atoms with E-state index in [0.29, 0.717) is 22.2 Å². The van der Waals surface area contributed by atoms with E-state index in [1.165, 1.54) is 12.1 Å². The summed E-state index contributed by atoms with van der Waals surface area (Å²) in [4.78, 5) is 8.49. The number of rotatable bonds is 4. The van der Waals surface area contributed by atoms with Crippen LogP contribution in [0.1, 0.15) is 24.3 Å². The van der Waals surface area contributed by atoms with Gasteiger partial charge in [-0.1, -0.05) is 11.6 Å². The van der Waals surface area contributed by atoms with Gasteiger partial charge >= 0.3 is 0 Å². The smallest absolute Gasteiger partial charge is 0.132 e. The molecule has 0 aliphatic heterocycles. The van der Waals surface area contributed by atoms with E-state index in [1.54, 1.807) is 18.5 Å². The highest BCUT2D eigenvalue weighted by molar-refractivity contribution is 6.30. The van der Waals surface area contributed by atoms with Crippen molar-refractivity contribution < 1.29 is 4.39 Å². The van der Waals surface area contributed by atoms with Gasteiger partial charge in [0, 0.05) is 40.6 Å². The summed E-state index contributed by atoms with van der Waals surface area (Å²) in [5.74, 6) is 0.195. The maximum Gasteiger partial charge on any atom is 0.132 e. The lowest BCUT2D eigenvalue weighted by atomic mass is 10.1. The molecule has 1 saturated carbocycles. The first-order chi connectivity index (χ1) is 11.7. The topological polar surface area (TPSA) is 37.8 Å². The maximum atomic E-state index is 14.2. The molecular weight excluding hydrogens is 325 g/mol. The average Bonchev–Trinajstić information content (AvgIpc) is 3.43. The number of anilines is 2. The Kier molecular flexibility index (Phi) is 3.90. The molecule has 0 saturated heterocycles. The van der Waals surface area contributed by atoms with Crippen LogP contribution >= 0.6 is 11.6 Å². The Bertz CT molecular complexity index is 879. The first-order valence-corrected chi connectivity index (χ1v) is 8.21. The fourth-order valence-electron chi connectivity index (χ4n) is 2.73. The maximum absolute atomic E-state index is 14.2. The molecule has 24 heavy (non-hydrogen) atoms. The summed E-state index contributed by atoms with van der Waals surface area (Å²) in [6.07, 6.45) is 7.64. The molecule has 0 unspecified atom stereocenters. The zero-order valence-corrected chi connectivity index (χ0v) is 13.6. The highest BCUT2D eigenvalue weighted by Crippen LogP contribution is 2.44. The van der Waals surface area contributed by atoms with Crippen LogP contribution in [0.25, 0.3) is 11.3 Å². The SMILES string of the molecule is Fc1ccc(Cl)cc1-c1cc(Nc2ccncc2)c(C2CC2)cn1. The lowest BCUT2D eigenvalue weighted by Crippen LogP contribution is -1.98. The number of hydrogen-bond acceptors (Lipinski definition) is 3. The first kappa shape index (κ1) is 15.1. The number of aromatic nitrogens is 2. The predicted octanol–water partition coefficient (Wildman–Crippen LogP) is 5.56. The van der Waals surface area contributed by atoms with Gasteiger partial charge in [0.1, 0.15) is 5.82 Å². The van der Waals surface area contributed by atoms with E-state index < -0.39 is 0 Å². The molecule has 1 aromatic carbocycles. The molecule has 1 aliphatic rings. The molecule has 1 fully saturated rings. The molecule has 3 nitrogen and oxygen atoms in total. The Morgan fingerprint density at radius 1 is 1.08 bits per heavy atom. The normalized spacial score (nSPS) is 13.8. The van der Waals surface area contributed by atoms with Crippen LogP contribution in [0.3, 0.4) is 0 Å². The number of nitrogens with one attached hydrogen (secondary N) is 1. The Balaban J connectivity index is 1.77. The summed E-state index contributed by atoms with van der Waals surface area (Å²) in [6.45, 7) is 0. The third kappa shape index (κ3) is 3.10. The second kappa shape index (κ2) is 6.21. The highest BCUT2D eigenvalue weighted by Gasteiger charge is 2.27. The molecule has 0 atom stereocenters. The lowest BCUT2D eigenvalue weighted by molar-refractivity contribution is 0.631. The van der Waals surface area contributed by atoms with Crippen LogP contribution in [0.4, 0.5) is 15.8 Å². The van der Waals surface area contributed by atoms with E-state index >= 15 is 0 Å². The molecule has 0 spiro atoms. The van der Waals surface area contributed by atoms with Crippen molar-refractivity contribution in [3.63, 3.8) is 0 Å². The van der Waals surface area contributed by atoms with Crippen LogP contribution < -0.4 is 5.32 Å². The van der Waals surface area contributed by atoms with Gasteiger partial charge in [-0.2, -0.15) is 0 Å². The molecule has 3 aromatic rings. The van der Waals surface area contributed by atoms with Crippen LogP contribution in [-0.2, 0) is 0 Å². The lowest BCUT2D eigenvalue weighted by Gasteiger charge is -2.13. The van der Waals surface area contributed by atoms with Gasteiger partial charge in [0.2, 0.25) is 0 Å². The molecule has 2 heterocycles. The standard InChI is InChI=1S/C19H15ClFN3/c20-13-3-4-17(21)15(9-13)18-10-19(16(11-23-18)12-1-2-12)24-14-5-7-22-8-6-14/h3-12H,1-2H2,(H,22,23,24). The third-order valence-electron chi connectivity index (χ3n) is 4.12. The summed E-state index contributed by atoms with van der Waals surface area (Å²) in [5, 5.41) is 3.89. The summed E-state index contributed by atoms with van der Waals surface area (Å²) < 4.78 is 14.2. The molecule has 0 amide bonds. The van der Waals surface area contributed by atoms with Crippen LogP contribution in [0.5, 0.6) is 0 Å². The molecule has 4 rings (SSSR count). The minimum Gasteiger partial charge on any atom is -0.355 e. The van der Waals surface area contributed by atoms with E-state index in [-0.39, 0.29) is 5.82 Å². The number of pyridine rings is 2. The van der Waals surface area contributed by atoms with Crippen LogP contribution in [0.15, 0.2) is 55.0 Å². The molecule has 0 bridgehead atoms. The third-order valence-corrected chi connectivity index (χ3v) is 4.35. The Morgan fingerprint density at radius 2 is 1.88 bits per heavy atom. The molecule has 2 aromatic heterocycles. The monoisotopic (exact) mass is 339 g/mol. The first-order valence-electron chi connectivity index (χ1n) is 7.83. The number of benzene rings is 1. The summed E-state index contributed by atoms with van der Waals surface area (Å²) in [7, 11) is 0. The number of nitrogens with zero attached hydrogens (tertiary/aromatic N) is 2. The van der Waals surface area contributed by atoms with Crippen molar-refractivity contribution in [2.24, 2.45) is 0 Å². The number of halogens is 2. The van der Waals surface area contributed by atoms with Gasteiger partial charge in [0.25, 0.3) is 0 Å². The Labute approximate surface area is 144 Å². The van der Waals surface area contributed by atoms with Crippen molar-refractivity contribution in [2.45, 2.75) is 18.8 Å². The second-order valence-electron chi connectivity index (χ2n) is 5.92. The fraction of sp³-hybridized carbons (Fsp3) is 0.158. The van der Waals surface area contributed by atoms with Gasteiger partial charge in [0.05, 0.1) is 5.69 Å². The van der Waals surface area contributed by atoms with Crippen molar-refractivity contribution in [1.29, 1.82) is 0 Å².